The number of aryl methyl sites for hydroxylation is 3. The zero-order valence-electron chi connectivity index (χ0n) is 12.0. The van der Waals surface area contributed by atoms with Gasteiger partial charge >= 0.3 is 0 Å². The summed E-state index contributed by atoms with van der Waals surface area (Å²) in [7, 11) is 0. The highest BCUT2D eigenvalue weighted by atomic mass is 16.1. The minimum absolute atomic E-state index is 0.00378. The Morgan fingerprint density at radius 2 is 2.05 bits per heavy atom. The molecule has 0 amide bonds. The van der Waals surface area contributed by atoms with Crippen molar-refractivity contribution in [3.8, 4) is 0 Å². The lowest BCUT2D eigenvalue weighted by Crippen LogP contribution is -2.21. The fourth-order valence-corrected chi connectivity index (χ4v) is 3.01. The van der Waals surface area contributed by atoms with E-state index in [4.69, 9.17) is 0 Å². The quantitative estimate of drug-likeness (QED) is 0.875. The van der Waals surface area contributed by atoms with Gasteiger partial charge in [-0.1, -0.05) is 17.7 Å². The first kappa shape index (κ1) is 13.0. The van der Waals surface area contributed by atoms with E-state index in [1.807, 2.05) is 6.07 Å². The number of nitrogens with one attached hydrogen (secondary N) is 2. The van der Waals surface area contributed by atoms with Crippen molar-refractivity contribution in [3.63, 3.8) is 0 Å². The molecule has 20 heavy (non-hydrogen) atoms. The molecule has 0 radical (unpaired) electrons. The van der Waals surface area contributed by atoms with Crippen molar-refractivity contribution in [1.29, 1.82) is 0 Å². The topological polar surface area (TPSA) is 44.9 Å². The van der Waals surface area contributed by atoms with Gasteiger partial charge in [0.25, 0.3) is 0 Å². The van der Waals surface area contributed by atoms with Crippen LogP contribution in [0.3, 0.4) is 0 Å². The summed E-state index contributed by atoms with van der Waals surface area (Å²) in [6, 6.07) is 10.3. The van der Waals surface area contributed by atoms with E-state index in [2.05, 4.69) is 42.3 Å². The largest absolute Gasteiger partial charge is 0.378 e. The molecule has 2 aromatic rings. The highest BCUT2D eigenvalue weighted by molar-refractivity contribution is 5.53. The van der Waals surface area contributed by atoms with Gasteiger partial charge in [0.05, 0.1) is 6.04 Å². The Balaban J connectivity index is 1.91. The SMILES string of the molecule is Cc1ccc(NC2CCCc3[nH]c(=O)ccc32)c(C)c1. The van der Waals surface area contributed by atoms with Gasteiger partial charge < -0.3 is 10.3 Å². The third kappa shape index (κ3) is 2.48. The van der Waals surface area contributed by atoms with E-state index in [9.17, 15) is 4.79 Å². The smallest absolute Gasteiger partial charge is 0.248 e. The van der Waals surface area contributed by atoms with E-state index in [0.29, 0.717) is 0 Å². The van der Waals surface area contributed by atoms with E-state index in [1.165, 1.54) is 22.4 Å². The Kier molecular flexibility index (Phi) is 3.35. The van der Waals surface area contributed by atoms with Gasteiger partial charge in [0, 0.05) is 17.4 Å². The molecule has 3 rings (SSSR count). The summed E-state index contributed by atoms with van der Waals surface area (Å²) in [5.41, 5.74) is 6.04. The summed E-state index contributed by atoms with van der Waals surface area (Å²) in [6.45, 7) is 4.24. The molecule has 3 nitrogen and oxygen atoms in total. The molecule has 1 aromatic carbocycles. The molecular weight excluding hydrogens is 248 g/mol. The first-order valence-corrected chi connectivity index (χ1v) is 7.19. The van der Waals surface area contributed by atoms with E-state index in [0.717, 1.165) is 25.0 Å². The van der Waals surface area contributed by atoms with Gasteiger partial charge in [-0.05, 0) is 56.4 Å². The summed E-state index contributed by atoms with van der Waals surface area (Å²) in [6.07, 6.45) is 3.18. The Bertz CT molecular complexity index is 688. The molecule has 2 N–H and O–H groups in total. The second kappa shape index (κ2) is 5.16. The summed E-state index contributed by atoms with van der Waals surface area (Å²) < 4.78 is 0. The van der Waals surface area contributed by atoms with E-state index >= 15 is 0 Å². The molecule has 0 aliphatic heterocycles. The summed E-state index contributed by atoms with van der Waals surface area (Å²) in [5.74, 6) is 0. The lowest BCUT2D eigenvalue weighted by atomic mass is 9.91. The Hall–Kier alpha value is -2.03. The molecule has 0 saturated heterocycles. The van der Waals surface area contributed by atoms with Gasteiger partial charge in [0.1, 0.15) is 0 Å². The average Bonchev–Trinajstić information content (AvgIpc) is 2.41. The molecule has 1 aliphatic rings. The molecule has 1 unspecified atom stereocenters. The van der Waals surface area contributed by atoms with E-state index < -0.39 is 0 Å². The molecule has 1 aliphatic carbocycles. The monoisotopic (exact) mass is 268 g/mol. The number of rotatable bonds is 2. The lowest BCUT2D eigenvalue weighted by molar-refractivity contribution is 0.586. The van der Waals surface area contributed by atoms with Gasteiger partial charge in [0.2, 0.25) is 5.56 Å². The fraction of sp³-hybridized carbons (Fsp3) is 0.353. The summed E-state index contributed by atoms with van der Waals surface area (Å²) in [4.78, 5) is 14.4. The van der Waals surface area contributed by atoms with Crippen LogP contribution in [0.25, 0.3) is 0 Å². The number of benzene rings is 1. The van der Waals surface area contributed by atoms with Crippen molar-refractivity contribution in [3.05, 3.63) is 63.1 Å². The number of hydrogen-bond acceptors (Lipinski definition) is 2. The minimum atomic E-state index is -0.00378. The number of pyridine rings is 1. The predicted octanol–water partition coefficient (Wildman–Crippen LogP) is 3.48. The van der Waals surface area contributed by atoms with Gasteiger partial charge in [-0.2, -0.15) is 0 Å². The first-order chi connectivity index (χ1) is 9.63. The second-order valence-corrected chi connectivity index (χ2v) is 5.66. The van der Waals surface area contributed by atoms with Gasteiger partial charge in [-0.3, -0.25) is 4.79 Å². The van der Waals surface area contributed by atoms with Gasteiger partial charge in [0.15, 0.2) is 0 Å². The number of hydrogen-bond donors (Lipinski definition) is 2. The Labute approximate surface area is 119 Å². The number of anilines is 1. The lowest BCUT2D eigenvalue weighted by Gasteiger charge is -2.27. The van der Waals surface area contributed by atoms with E-state index in [1.54, 1.807) is 6.07 Å². The Morgan fingerprint density at radius 1 is 1.20 bits per heavy atom. The average molecular weight is 268 g/mol. The molecular formula is C17H20N2O. The standard InChI is InChI=1S/C17H20N2O/c1-11-6-8-14(12(2)10-11)18-15-4-3-5-16-13(15)7-9-17(20)19-16/h6-10,15,18H,3-5H2,1-2H3,(H,19,20). The van der Waals surface area contributed by atoms with Crippen LogP contribution < -0.4 is 10.9 Å². The number of aromatic amines is 1. The van der Waals surface area contributed by atoms with Crippen LogP contribution >= 0.6 is 0 Å². The highest BCUT2D eigenvalue weighted by Crippen LogP contribution is 2.31. The molecule has 0 saturated carbocycles. The molecule has 1 heterocycles. The molecule has 0 spiro atoms. The fourth-order valence-electron chi connectivity index (χ4n) is 3.01. The number of aromatic nitrogens is 1. The van der Waals surface area contributed by atoms with Crippen LogP contribution in [-0.2, 0) is 6.42 Å². The van der Waals surface area contributed by atoms with Gasteiger partial charge in [-0.25, -0.2) is 0 Å². The minimum Gasteiger partial charge on any atom is -0.378 e. The maximum absolute atomic E-state index is 11.4. The van der Waals surface area contributed by atoms with Crippen LogP contribution in [0.2, 0.25) is 0 Å². The molecule has 0 fully saturated rings. The van der Waals surface area contributed by atoms with Crippen LogP contribution in [0.4, 0.5) is 5.69 Å². The molecule has 0 bridgehead atoms. The number of fused-ring (bicyclic) bond motifs is 1. The highest BCUT2D eigenvalue weighted by Gasteiger charge is 2.20. The normalized spacial score (nSPS) is 17.6. The van der Waals surface area contributed by atoms with Crippen molar-refractivity contribution in [2.24, 2.45) is 0 Å². The van der Waals surface area contributed by atoms with Crippen LogP contribution in [0, 0.1) is 13.8 Å². The molecule has 3 heteroatoms. The van der Waals surface area contributed by atoms with Crippen LogP contribution in [0.15, 0.2) is 35.1 Å². The second-order valence-electron chi connectivity index (χ2n) is 5.66. The predicted molar refractivity (Wildman–Crippen MR) is 82.3 cm³/mol. The van der Waals surface area contributed by atoms with Crippen molar-refractivity contribution in [2.75, 3.05) is 5.32 Å². The maximum Gasteiger partial charge on any atom is 0.248 e. The summed E-state index contributed by atoms with van der Waals surface area (Å²) >= 11 is 0. The van der Waals surface area contributed by atoms with E-state index in [-0.39, 0.29) is 11.6 Å². The zero-order chi connectivity index (χ0) is 14.1. The van der Waals surface area contributed by atoms with Crippen LogP contribution in [-0.4, -0.2) is 4.98 Å². The molecule has 104 valence electrons. The number of H-pyrrole nitrogens is 1. The van der Waals surface area contributed by atoms with Crippen molar-refractivity contribution < 1.29 is 0 Å². The maximum atomic E-state index is 11.4. The molecule has 1 atom stereocenters. The van der Waals surface area contributed by atoms with Crippen molar-refractivity contribution >= 4 is 5.69 Å². The third-order valence-corrected chi connectivity index (χ3v) is 4.04. The van der Waals surface area contributed by atoms with Gasteiger partial charge in [-0.15, -0.1) is 0 Å². The third-order valence-electron chi connectivity index (χ3n) is 4.04. The molecule has 1 aromatic heterocycles. The van der Waals surface area contributed by atoms with Crippen molar-refractivity contribution in [1.82, 2.24) is 4.98 Å². The van der Waals surface area contributed by atoms with Crippen molar-refractivity contribution in [2.45, 2.75) is 39.2 Å². The van der Waals surface area contributed by atoms with Crippen LogP contribution in [0.1, 0.15) is 41.3 Å². The first-order valence-electron chi connectivity index (χ1n) is 7.19. The van der Waals surface area contributed by atoms with Crippen LogP contribution in [0.5, 0.6) is 0 Å². The Morgan fingerprint density at radius 3 is 2.85 bits per heavy atom. The summed E-state index contributed by atoms with van der Waals surface area (Å²) in [5, 5.41) is 3.63. The zero-order valence-corrected chi connectivity index (χ0v) is 12.0.